The fourth-order valence-electron chi connectivity index (χ4n) is 3.52. The summed E-state index contributed by atoms with van der Waals surface area (Å²) in [6.07, 6.45) is 3.28. The molecule has 2 aromatic rings. The molecule has 0 unspecified atom stereocenters. The number of carbonyl (C=O) groups excluding carboxylic acids is 2. The van der Waals surface area contributed by atoms with E-state index in [0.29, 0.717) is 25.4 Å². The number of amides is 2. The Morgan fingerprint density at radius 1 is 1.38 bits per heavy atom. The second kappa shape index (κ2) is 7.85. The second-order valence-corrected chi connectivity index (χ2v) is 7.39. The third-order valence-corrected chi connectivity index (χ3v) is 4.74. The van der Waals surface area contributed by atoms with Gasteiger partial charge in [-0.05, 0) is 24.5 Å². The van der Waals surface area contributed by atoms with E-state index < -0.39 is 0 Å². The Morgan fingerprint density at radius 3 is 2.92 bits per heavy atom. The number of hydrogen-bond acceptors (Lipinski definition) is 4. The summed E-state index contributed by atoms with van der Waals surface area (Å²) in [5, 5.41) is 8.63. The van der Waals surface area contributed by atoms with Crippen LogP contribution < -0.4 is 5.32 Å². The summed E-state index contributed by atoms with van der Waals surface area (Å²) in [7, 11) is 0. The normalized spacial score (nSPS) is 17.2. The van der Waals surface area contributed by atoms with Crippen molar-refractivity contribution in [3.05, 3.63) is 24.0 Å². The number of pyridine rings is 1. The van der Waals surface area contributed by atoms with Gasteiger partial charge in [0.25, 0.3) is 0 Å². The fourth-order valence-corrected chi connectivity index (χ4v) is 3.52. The topological polar surface area (TPSA) is 80.1 Å². The number of likely N-dealkylation sites (tertiary alicyclic amines) is 1. The number of carbonyl (C=O) groups is 2. The summed E-state index contributed by atoms with van der Waals surface area (Å²) in [5.74, 6) is 0.791. The molecule has 1 N–H and O–H groups in total. The molecule has 2 aromatic heterocycles. The van der Waals surface area contributed by atoms with E-state index in [1.165, 1.54) is 6.92 Å². The second-order valence-electron chi connectivity index (χ2n) is 7.39. The predicted molar refractivity (Wildman–Crippen MR) is 99.6 cm³/mol. The molecule has 140 valence electrons. The van der Waals surface area contributed by atoms with Gasteiger partial charge in [0, 0.05) is 50.5 Å². The molecule has 26 heavy (non-hydrogen) atoms. The average Bonchev–Trinajstić information content (AvgIpc) is 3.19. The molecular formula is C19H27N5O2. The summed E-state index contributed by atoms with van der Waals surface area (Å²) >= 11 is 0. The molecule has 0 aromatic carbocycles. The van der Waals surface area contributed by atoms with Crippen molar-refractivity contribution in [3.63, 3.8) is 0 Å². The highest BCUT2D eigenvalue weighted by atomic mass is 16.2. The summed E-state index contributed by atoms with van der Waals surface area (Å²) in [4.78, 5) is 29.9. The smallest absolute Gasteiger partial charge is 0.222 e. The summed E-state index contributed by atoms with van der Waals surface area (Å²) in [6, 6.07) is 3.96. The molecule has 1 aliphatic heterocycles. The zero-order valence-electron chi connectivity index (χ0n) is 15.7. The van der Waals surface area contributed by atoms with Gasteiger partial charge in [0.05, 0.1) is 12.2 Å². The fraction of sp³-hybridized carbons (Fsp3) is 0.579. The Kier molecular flexibility index (Phi) is 5.54. The lowest BCUT2D eigenvalue weighted by molar-refractivity contribution is -0.131. The first-order valence-corrected chi connectivity index (χ1v) is 9.29. The molecule has 0 saturated carbocycles. The number of hydrogen-bond donors (Lipinski definition) is 1. The van der Waals surface area contributed by atoms with Crippen LogP contribution in [0.2, 0.25) is 0 Å². The van der Waals surface area contributed by atoms with Crippen LogP contribution in [0.4, 0.5) is 0 Å². The molecule has 3 heterocycles. The van der Waals surface area contributed by atoms with Crippen molar-refractivity contribution < 1.29 is 9.59 Å². The van der Waals surface area contributed by atoms with Crippen molar-refractivity contribution >= 4 is 22.8 Å². The molecule has 1 saturated heterocycles. The summed E-state index contributed by atoms with van der Waals surface area (Å²) in [5.41, 5.74) is 1.84. The van der Waals surface area contributed by atoms with Gasteiger partial charge in [-0.1, -0.05) is 13.8 Å². The number of nitrogens with one attached hydrogen (secondary N) is 1. The van der Waals surface area contributed by atoms with Crippen LogP contribution in [0.1, 0.15) is 45.2 Å². The monoisotopic (exact) mass is 357 g/mol. The maximum absolute atomic E-state index is 12.4. The standard InChI is InChI=1S/C19H27N5O2/c1-13(2)11-17(26)23-9-6-15(12-23)18-16-5-4-7-21-19(16)24(22-18)10-8-20-14(3)25/h4-5,7,13,15H,6,8-12H2,1-3H3,(H,20,25)/t15-/m0/s1. The predicted octanol–water partition coefficient (Wildman–Crippen LogP) is 1.93. The van der Waals surface area contributed by atoms with Crippen molar-refractivity contribution in [2.75, 3.05) is 19.6 Å². The number of fused-ring (bicyclic) bond motifs is 1. The third-order valence-electron chi connectivity index (χ3n) is 4.74. The first kappa shape index (κ1) is 18.4. The van der Waals surface area contributed by atoms with Gasteiger partial charge < -0.3 is 10.2 Å². The van der Waals surface area contributed by atoms with E-state index >= 15 is 0 Å². The lowest BCUT2D eigenvalue weighted by Gasteiger charge is -2.17. The largest absolute Gasteiger partial charge is 0.354 e. The maximum Gasteiger partial charge on any atom is 0.222 e. The van der Waals surface area contributed by atoms with E-state index in [0.717, 1.165) is 36.2 Å². The Hall–Kier alpha value is -2.44. The maximum atomic E-state index is 12.4. The highest BCUT2D eigenvalue weighted by molar-refractivity contribution is 5.80. The minimum Gasteiger partial charge on any atom is -0.354 e. The van der Waals surface area contributed by atoms with Gasteiger partial charge in [-0.2, -0.15) is 5.10 Å². The zero-order valence-corrected chi connectivity index (χ0v) is 15.7. The summed E-state index contributed by atoms with van der Waals surface area (Å²) in [6.45, 7) is 8.26. The Balaban J connectivity index is 1.78. The van der Waals surface area contributed by atoms with E-state index in [4.69, 9.17) is 5.10 Å². The Bertz CT molecular complexity index is 798. The van der Waals surface area contributed by atoms with Gasteiger partial charge in [-0.15, -0.1) is 0 Å². The molecule has 1 atom stereocenters. The molecule has 7 heteroatoms. The van der Waals surface area contributed by atoms with Crippen LogP contribution in [0.5, 0.6) is 0 Å². The van der Waals surface area contributed by atoms with E-state index in [2.05, 4.69) is 24.1 Å². The minimum atomic E-state index is -0.0512. The van der Waals surface area contributed by atoms with Crippen LogP contribution in [0.25, 0.3) is 11.0 Å². The number of nitrogens with zero attached hydrogens (tertiary/aromatic N) is 4. The molecule has 1 aliphatic rings. The number of aromatic nitrogens is 3. The molecule has 0 aliphatic carbocycles. The molecule has 1 fully saturated rings. The Morgan fingerprint density at radius 2 is 2.19 bits per heavy atom. The van der Waals surface area contributed by atoms with E-state index in [1.807, 2.05) is 21.7 Å². The molecule has 7 nitrogen and oxygen atoms in total. The van der Waals surface area contributed by atoms with Gasteiger partial charge >= 0.3 is 0 Å². The van der Waals surface area contributed by atoms with Gasteiger partial charge in [0.2, 0.25) is 11.8 Å². The SMILES string of the molecule is CC(=O)NCCn1nc([C@H]2CCN(C(=O)CC(C)C)C2)c2cccnc21. The Labute approximate surface area is 153 Å². The minimum absolute atomic E-state index is 0.0512. The van der Waals surface area contributed by atoms with Gasteiger partial charge in [-0.3, -0.25) is 9.59 Å². The quantitative estimate of drug-likeness (QED) is 0.857. The van der Waals surface area contributed by atoms with Crippen LogP contribution in [0, 0.1) is 5.92 Å². The molecule has 0 bridgehead atoms. The first-order chi connectivity index (χ1) is 12.5. The lowest BCUT2D eigenvalue weighted by atomic mass is 10.0. The molecular weight excluding hydrogens is 330 g/mol. The first-order valence-electron chi connectivity index (χ1n) is 9.29. The van der Waals surface area contributed by atoms with Crippen LogP contribution in [0.3, 0.4) is 0 Å². The summed E-state index contributed by atoms with van der Waals surface area (Å²) < 4.78 is 1.86. The van der Waals surface area contributed by atoms with Crippen molar-refractivity contribution in [3.8, 4) is 0 Å². The van der Waals surface area contributed by atoms with Gasteiger partial charge in [0.1, 0.15) is 0 Å². The molecule has 0 radical (unpaired) electrons. The molecule has 2 amide bonds. The van der Waals surface area contributed by atoms with Crippen LogP contribution in [0.15, 0.2) is 18.3 Å². The number of rotatable bonds is 6. The lowest BCUT2D eigenvalue weighted by Crippen LogP contribution is -2.29. The van der Waals surface area contributed by atoms with Crippen molar-refractivity contribution in [1.82, 2.24) is 25.0 Å². The van der Waals surface area contributed by atoms with Crippen molar-refractivity contribution in [1.29, 1.82) is 0 Å². The van der Waals surface area contributed by atoms with Gasteiger partial charge in [0.15, 0.2) is 5.65 Å². The molecule has 3 rings (SSSR count). The van der Waals surface area contributed by atoms with Crippen molar-refractivity contribution in [2.24, 2.45) is 5.92 Å². The van der Waals surface area contributed by atoms with Crippen molar-refractivity contribution in [2.45, 2.75) is 46.1 Å². The highest BCUT2D eigenvalue weighted by Gasteiger charge is 2.30. The van der Waals surface area contributed by atoms with E-state index in [-0.39, 0.29) is 17.7 Å². The van der Waals surface area contributed by atoms with E-state index in [9.17, 15) is 9.59 Å². The highest BCUT2D eigenvalue weighted by Crippen LogP contribution is 2.31. The van der Waals surface area contributed by atoms with Crippen LogP contribution in [-0.4, -0.2) is 51.1 Å². The third kappa shape index (κ3) is 4.03. The molecule has 0 spiro atoms. The van der Waals surface area contributed by atoms with Gasteiger partial charge in [-0.25, -0.2) is 9.67 Å². The average molecular weight is 357 g/mol. The van der Waals surface area contributed by atoms with E-state index in [1.54, 1.807) is 6.20 Å². The van der Waals surface area contributed by atoms with Crippen LogP contribution in [-0.2, 0) is 16.1 Å². The van der Waals surface area contributed by atoms with Crippen LogP contribution >= 0.6 is 0 Å². The zero-order chi connectivity index (χ0) is 18.7.